The zero-order valence-electron chi connectivity index (χ0n) is 13.6. The second-order valence-corrected chi connectivity index (χ2v) is 7.60. The summed E-state index contributed by atoms with van der Waals surface area (Å²) < 4.78 is 0. The Kier molecular flexibility index (Phi) is 4.83. The molecule has 1 aliphatic carbocycles. The van der Waals surface area contributed by atoms with E-state index < -0.39 is 0 Å². The van der Waals surface area contributed by atoms with E-state index in [9.17, 15) is 9.90 Å². The molecule has 4 heteroatoms. The molecule has 2 aromatic rings. The van der Waals surface area contributed by atoms with Crippen molar-refractivity contribution in [2.24, 2.45) is 5.92 Å². The number of carbonyl (C=O) groups excluding carboxylic acids is 1. The predicted molar refractivity (Wildman–Crippen MR) is 93.6 cm³/mol. The normalized spacial score (nSPS) is 21.0. The van der Waals surface area contributed by atoms with Crippen LogP contribution < -0.4 is 0 Å². The highest BCUT2D eigenvalue weighted by atomic mass is 32.1. The molecule has 1 saturated carbocycles. The van der Waals surface area contributed by atoms with Crippen molar-refractivity contribution < 1.29 is 9.90 Å². The van der Waals surface area contributed by atoms with Crippen LogP contribution in [0.25, 0.3) is 0 Å². The van der Waals surface area contributed by atoms with E-state index in [-0.39, 0.29) is 24.5 Å². The van der Waals surface area contributed by atoms with E-state index in [0.717, 1.165) is 12.0 Å². The molecule has 3 rings (SSSR count). The van der Waals surface area contributed by atoms with Crippen molar-refractivity contribution in [1.82, 2.24) is 4.90 Å². The van der Waals surface area contributed by atoms with Gasteiger partial charge < -0.3 is 10.0 Å². The van der Waals surface area contributed by atoms with Gasteiger partial charge in [0.05, 0.1) is 6.04 Å². The van der Waals surface area contributed by atoms with Crippen LogP contribution in [0.5, 0.6) is 0 Å². The van der Waals surface area contributed by atoms with Crippen molar-refractivity contribution in [3.05, 3.63) is 57.8 Å². The van der Waals surface area contributed by atoms with E-state index >= 15 is 0 Å². The Morgan fingerprint density at radius 1 is 1.30 bits per heavy atom. The maximum absolute atomic E-state index is 12.8. The summed E-state index contributed by atoms with van der Waals surface area (Å²) >= 11 is 1.80. The van der Waals surface area contributed by atoms with Crippen LogP contribution in [0.15, 0.2) is 42.5 Å². The highest BCUT2D eigenvalue weighted by molar-refractivity contribution is 7.12. The molecule has 0 bridgehead atoms. The molecule has 0 aliphatic heterocycles. The molecule has 1 aromatic carbocycles. The first kappa shape index (κ1) is 16.2. The summed E-state index contributed by atoms with van der Waals surface area (Å²) in [5, 5.41) is 9.38. The van der Waals surface area contributed by atoms with Crippen molar-refractivity contribution in [3.63, 3.8) is 0 Å². The molecule has 0 spiro atoms. The molecule has 3 unspecified atom stereocenters. The summed E-state index contributed by atoms with van der Waals surface area (Å²) in [6.45, 7) is 2.18. The van der Waals surface area contributed by atoms with Gasteiger partial charge in [0.1, 0.15) is 0 Å². The molecule has 0 radical (unpaired) electrons. The standard InChI is InChI=1S/C19H23NO2S/c1-13-8-9-18(23-13)15-12-16(15)19(22)20(2)17(10-11-21)14-6-4-3-5-7-14/h3-9,15-17,21H,10-12H2,1-2H3. The molecule has 0 saturated heterocycles. The van der Waals surface area contributed by atoms with Crippen LogP contribution in [0, 0.1) is 12.8 Å². The summed E-state index contributed by atoms with van der Waals surface area (Å²) in [5.74, 6) is 0.681. The summed E-state index contributed by atoms with van der Waals surface area (Å²) in [6, 6.07) is 14.2. The zero-order chi connectivity index (χ0) is 16.4. The molecule has 1 aliphatic rings. The van der Waals surface area contributed by atoms with Crippen molar-refractivity contribution in [2.45, 2.75) is 31.7 Å². The third kappa shape index (κ3) is 3.48. The quantitative estimate of drug-likeness (QED) is 0.877. The molecule has 1 fully saturated rings. The topological polar surface area (TPSA) is 40.5 Å². The minimum Gasteiger partial charge on any atom is -0.396 e. The van der Waals surface area contributed by atoms with Crippen LogP contribution in [0.4, 0.5) is 0 Å². The van der Waals surface area contributed by atoms with Gasteiger partial charge >= 0.3 is 0 Å². The Morgan fingerprint density at radius 2 is 2.04 bits per heavy atom. The van der Waals surface area contributed by atoms with Gasteiger partial charge in [-0.05, 0) is 37.5 Å². The molecule has 1 heterocycles. The summed E-state index contributed by atoms with van der Waals surface area (Å²) in [4.78, 5) is 17.3. The number of hydrogen-bond donors (Lipinski definition) is 1. The number of amides is 1. The average Bonchev–Trinajstić information content (AvgIpc) is 3.26. The monoisotopic (exact) mass is 329 g/mol. The molecule has 23 heavy (non-hydrogen) atoms. The number of hydrogen-bond acceptors (Lipinski definition) is 3. The van der Waals surface area contributed by atoms with Crippen LogP contribution in [0.2, 0.25) is 0 Å². The van der Waals surface area contributed by atoms with Crippen LogP contribution in [-0.2, 0) is 4.79 Å². The third-order valence-corrected chi connectivity index (χ3v) is 5.77. The van der Waals surface area contributed by atoms with Crippen LogP contribution in [0.1, 0.15) is 40.1 Å². The Labute approximate surface area is 141 Å². The van der Waals surface area contributed by atoms with E-state index in [0.29, 0.717) is 12.3 Å². The minimum absolute atomic E-state index is 0.0555. The number of nitrogens with zero attached hydrogens (tertiary/aromatic N) is 1. The first-order chi connectivity index (χ1) is 11.1. The third-order valence-electron chi connectivity index (χ3n) is 4.64. The molecule has 3 atom stereocenters. The van der Waals surface area contributed by atoms with Crippen LogP contribution >= 0.6 is 11.3 Å². The highest BCUT2D eigenvalue weighted by Gasteiger charge is 2.46. The lowest BCUT2D eigenvalue weighted by Gasteiger charge is -2.28. The number of aryl methyl sites for hydroxylation is 1. The first-order valence-corrected chi connectivity index (χ1v) is 8.92. The van der Waals surface area contributed by atoms with E-state index in [4.69, 9.17) is 0 Å². The molecule has 122 valence electrons. The van der Waals surface area contributed by atoms with Gasteiger partial charge in [-0.2, -0.15) is 0 Å². The van der Waals surface area contributed by atoms with Gasteiger partial charge in [0.15, 0.2) is 0 Å². The largest absolute Gasteiger partial charge is 0.396 e. The Morgan fingerprint density at radius 3 is 2.65 bits per heavy atom. The predicted octanol–water partition coefficient (Wildman–Crippen LogP) is 3.74. The number of carbonyl (C=O) groups is 1. The van der Waals surface area contributed by atoms with Crippen LogP contribution in [-0.4, -0.2) is 29.6 Å². The first-order valence-electron chi connectivity index (χ1n) is 8.10. The van der Waals surface area contributed by atoms with E-state index in [1.165, 1.54) is 9.75 Å². The maximum Gasteiger partial charge on any atom is 0.226 e. The van der Waals surface area contributed by atoms with Gasteiger partial charge in [0.25, 0.3) is 0 Å². The minimum atomic E-state index is -0.0555. The zero-order valence-corrected chi connectivity index (χ0v) is 14.4. The fourth-order valence-corrected chi connectivity index (χ4v) is 4.29. The molecule has 1 N–H and O–H groups in total. The molecule has 1 aromatic heterocycles. The van der Waals surface area contributed by atoms with E-state index in [2.05, 4.69) is 19.1 Å². The second-order valence-electron chi connectivity index (χ2n) is 6.29. The lowest BCUT2D eigenvalue weighted by Crippen LogP contribution is -2.33. The summed E-state index contributed by atoms with van der Waals surface area (Å²) in [6.07, 6.45) is 1.52. The van der Waals surface area contributed by atoms with Gasteiger partial charge in [-0.15, -0.1) is 11.3 Å². The fourth-order valence-electron chi connectivity index (χ4n) is 3.23. The number of rotatable bonds is 6. The second kappa shape index (κ2) is 6.85. The Hall–Kier alpha value is -1.65. The van der Waals surface area contributed by atoms with Gasteiger partial charge in [-0.1, -0.05) is 30.3 Å². The van der Waals surface area contributed by atoms with E-state index in [1.54, 1.807) is 11.3 Å². The molecular weight excluding hydrogens is 306 g/mol. The lowest BCUT2D eigenvalue weighted by molar-refractivity contribution is -0.133. The van der Waals surface area contributed by atoms with Gasteiger partial charge in [0.2, 0.25) is 5.91 Å². The summed E-state index contributed by atoms with van der Waals surface area (Å²) in [5.41, 5.74) is 1.08. The Bertz CT molecular complexity index is 667. The number of aliphatic hydroxyl groups is 1. The lowest BCUT2D eigenvalue weighted by atomic mass is 10.0. The number of thiophene rings is 1. The van der Waals surface area contributed by atoms with Gasteiger partial charge in [-0.25, -0.2) is 0 Å². The summed E-state index contributed by atoms with van der Waals surface area (Å²) in [7, 11) is 1.87. The van der Waals surface area contributed by atoms with Gasteiger partial charge in [0, 0.05) is 35.2 Å². The van der Waals surface area contributed by atoms with Crippen molar-refractivity contribution in [1.29, 1.82) is 0 Å². The highest BCUT2D eigenvalue weighted by Crippen LogP contribution is 2.51. The van der Waals surface area contributed by atoms with Gasteiger partial charge in [-0.3, -0.25) is 4.79 Å². The van der Waals surface area contributed by atoms with Crippen LogP contribution in [0.3, 0.4) is 0 Å². The fraction of sp³-hybridized carbons (Fsp3) is 0.421. The smallest absolute Gasteiger partial charge is 0.226 e. The molecule has 1 amide bonds. The molecular formula is C19H23NO2S. The van der Waals surface area contributed by atoms with Crippen molar-refractivity contribution in [3.8, 4) is 0 Å². The number of aliphatic hydroxyl groups excluding tert-OH is 1. The van der Waals surface area contributed by atoms with Crippen molar-refractivity contribution in [2.75, 3.05) is 13.7 Å². The maximum atomic E-state index is 12.8. The van der Waals surface area contributed by atoms with Crippen molar-refractivity contribution >= 4 is 17.2 Å². The molecule has 3 nitrogen and oxygen atoms in total. The average molecular weight is 329 g/mol. The Balaban J connectivity index is 1.71. The SMILES string of the molecule is Cc1ccc(C2CC2C(=O)N(C)C(CCO)c2ccccc2)s1. The van der Waals surface area contributed by atoms with E-state index in [1.807, 2.05) is 42.3 Å². The number of benzene rings is 1.